The predicted octanol–water partition coefficient (Wildman–Crippen LogP) is 3.01. The first-order valence-electron chi connectivity index (χ1n) is 6.29. The number of hydrogen-bond acceptors (Lipinski definition) is 6. The second kappa shape index (κ2) is 6.12. The molecule has 21 heavy (non-hydrogen) atoms. The molecule has 8 heteroatoms. The van der Waals surface area contributed by atoms with Crippen molar-refractivity contribution in [2.24, 2.45) is 0 Å². The van der Waals surface area contributed by atoms with Crippen LogP contribution in [0.1, 0.15) is 12.5 Å². The van der Waals surface area contributed by atoms with Gasteiger partial charge in [0.2, 0.25) is 11.6 Å². The van der Waals surface area contributed by atoms with Crippen LogP contribution in [0, 0.1) is 22.9 Å². The number of hydrogen-bond donors (Lipinski definition) is 2. The van der Waals surface area contributed by atoms with Gasteiger partial charge in [-0.15, -0.1) is 0 Å². The highest BCUT2D eigenvalue weighted by molar-refractivity contribution is 5.74. The number of anilines is 3. The zero-order valence-corrected chi connectivity index (χ0v) is 11.6. The zero-order chi connectivity index (χ0) is 15.4. The fourth-order valence-corrected chi connectivity index (χ4v) is 1.83. The van der Waals surface area contributed by atoms with E-state index in [0.29, 0.717) is 17.8 Å². The van der Waals surface area contributed by atoms with Gasteiger partial charge < -0.3 is 10.6 Å². The third kappa shape index (κ3) is 3.22. The van der Waals surface area contributed by atoms with Crippen molar-refractivity contribution >= 4 is 23.0 Å². The Labute approximate surface area is 120 Å². The number of aromatic nitrogens is 2. The second-order valence-electron chi connectivity index (χ2n) is 4.29. The van der Waals surface area contributed by atoms with Gasteiger partial charge >= 0.3 is 5.69 Å². The van der Waals surface area contributed by atoms with E-state index in [9.17, 15) is 14.5 Å². The van der Waals surface area contributed by atoms with Gasteiger partial charge in [0, 0.05) is 12.2 Å². The third-order valence-electron chi connectivity index (χ3n) is 2.79. The first-order valence-corrected chi connectivity index (χ1v) is 6.29. The van der Waals surface area contributed by atoms with Crippen molar-refractivity contribution in [3.63, 3.8) is 0 Å². The van der Waals surface area contributed by atoms with Crippen LogP contribution in [0.2, 0.25) is 0 Å². The Hall–Kier alpha value is -2.77. The Morgan fingerprint density at radius 2 is 2.05 bits per heavy atom. The van der Waals surface area contributed by atoms with E-state index in [1.54, 1.807) is 6.92 Å². The molecule has 1 aromatic carbocycles. The first-order chi connectivity index (χ1) is 10.0. The summed E-state index contributed by atoms with van der Waals surface area (Å²) >= 11 is 0. The number of nitrogens with one attached hydrogen (secondary N) is 2. The molecule has 0 saturated carbocycles. The maximum atomic E-state index is 13.1. The topological polar surface area (TPSA) is 93.0 Å². The molecule has 0 aliphatic heterocycles. The molecule has 0 spiro atoms. The molecule has 0 aliphatic rings. The van der Waals surface area contributed by atoms with Crippen LogP contribution in [-0.4, -0.2) is 21.4 Å². The maximum Gasteiger partial charge on any atom is 0.353 e. The van der Waals surface area contributed by atoms with Crippen molar-refractivity contribution in [2.75, 3.05) is 17.2 Å². The minimum absolute atomic E-state index is 0.0562. The molecule has 0 fully saturated rings. The molecule has 0 amide bonds. The smallest absolute Gasteiger partial charge is 0.353 e. The van der Waals surface area contributed by atoms with E-state index in [-0.39, 0.29) is 23.1 Å². The van der Waals surface area contributed by atoms with Gasteiger partial charge in [-0.3, -0.25) is 10.1 Å². The van der Waals surface area contributed by atoms with Crippen molar-refractivity contribution in [1.29, 1.82) is 0 Å². The van der Waals surface area contributed by atoms with E-state index in [4.69, 9.17) is 0 Å². The molecule has 0 aliphatic carbocycles. The Morgan fingerprint density at radius 1 is 1.33 bits per heavy atom. The van der Waals surface area contributed by atoms with Crippen molar-refractivity contribution in [3.8, 4) is 0 Å². The van der Waals surface area contributed by atoms with Crippen molar-refractivity contribution in [2.45, 2.75) is 13.8 Å². The Morgan fingerprint density at radius 3 is 2.67 bits per heavy atom. The molecule has 0 atom stereocenters. The summed E-state index contributed by atoms with van der Waals surface area (Å²) in [6, 6.07) is 4.11. The lowest BCUT2D eigenvalue weighted by Gasteiger charge is -2.11. The number of benzene rings is 1. The molecule has 0 unspecified atom stereocenters. The molecular weight excluding hydrogens is 277 g/mol. The summed E-state index contributed by atoms with van der Waals surface area (Å²) in [7, 11) is 0. The van der Waals surface area contributed by atoms with Gasteiger partial charge in [-0.2, -0.15) is 0 Å². The van der Waals surface area contributed by atoms with Crippen molar-refractivity contribution in [3.05, 3.63) is 46.0 Å². The fourth-order valence-electron chi connectivity index (χ4n) is 1.83. The van der Waals surface area contributed by atoms with E-state index >= 15 is 0 Å². The highest BCUT2D eigenvalue weighted by atomic mass is 19.1. The molecule has 2 aromatic rings. The maximum absolute atomic E-state index is 13.1. The van der Waals surface area contributed by atoms with Crippen molar-refractivity contribution < 1.29 is 9.31 Å². The van der Waals surface area contributed by atoms with Crippen LogP contribution < -0.4 is 10.6 Å². The standard InChI is InChI=1S/C13H14FN5O2/c1-3-15-12-11(19(20)21)13(17-7-16-12)18-10-5-4-9(14)6-8(10)2/h4-7H,3H2,1-2H3,(H2,15,16,17,18). The molecule has 2 rings (SSSR count). The monoisotopic (exact) mass is 291 g/mol. The summed E-state index contributed by atoms with van der Waals surface area (Å²) in [6.07, 6.45) is 1.23. The lowest BCUT2D eigenvalue weighted by atomic mass is 10.2. The van der Waals surface area contributed by atoms with E-state index in [0.717, 1.165) is 0 Å². The van der Waals surface area contributed by atoms with E-state index in [1.165, 1.54) is 24.5 Å². The highest BCUT2D eigenvalue weighted by Crippen LogP contribution is 2.31. The van der Waals surface area contributed by atoms with Crippen LogP contribution in [0.25, 0.3) is 0 Å². The van der Waals surface area contributed by atoms with Crippen LogP contribution in [0.4, 0.5) is 27.4 Å². The molecule has 1 aromatic heterocycles. The molecule has 0 saturated heterocycles. The number of nitro groups is 1. The lowest BCUT2D eigenvalue weighted by Crippen LogP contribution is -2.08. The summed E-state index contributed by atoms with van der Waals surface area (Å²) in [5, 5.41) is 16.9. The van der Waals surface area contributed by atoms with E-state index < -0.39 is 4.92 Å². The molecule has 2 N–H and O–H groups in total. The van der Waals surface area contributed by atoms with Gasteiger partial charge in [0.15, 0.2) is 0 Å². The van der Waals surface area contributed by atoms with Crippen LogP contribution in [-0.2, 0) is 0 Å². The summed E-state index contributed by atoms with van der Waals surface area (Å²) in [4.78, 5) is 18.4. The lowest BCUT2D eigenvalue weighted by molar-refractivity contribution is -0.383. The SMILES string of the molecule is CCNc1ncnc(Nc2ccc(F)cc2C)c1[N+](=O)[O-]. The largest absolute Gasteiger partial charge is 0.364 e. The molecule has 1 heterocycles. The second-order valence-corrected chi connectivity index (χ2v) is 4.29. The Kier molecular flexibility index (Phi) is 4.27. The molecule has 110 valence electrons. The summed E-state index contributed by atoms with van der Waals surface area (Å²) in [5.74, 6) is -0.177. The Balaban J connectivity index is 2.43. The average molecular weight is 291 g/mol. The van der Waals surface area contributed by atoms with Gasteiger partial charge in [0.1, 0.15) is 12.1 Å². The first kappa shape index (κ1) is 14.6. The van der Waals surface area contributed by atoms with Crippen LogP contribution in [0.3, 0.4) is 0 Å². The van der Waals surface area contributed by atoms with Crippen molar-refractivity contribution in [1.82, 2.24) is 9.97 Å². The highest BCUT2D eigenvalue weighted by Gasteiger charge is 2.22. The predicted molar refractivity (Wildman–Crippen MR) is 77.3 cm³/mol. The van der Waals surface area contributed by atoms with Crippen LogP contribution in [0.5, 0.6) is 0 Å². The average Bonchev–Trinajstić information content (AvgIpc) is 2.42. The molecule has 7 nitrogen and oxygen atoms in total. The number of aryl methyl sites for hydroxylation is 1. The zero-order valence-electron chi connectivity index (χ0n) is 11.6. The fraction of sp³-hybridized carbons (Fsp3) is 0.231. The van der Waals surface area contributed by atoms with E-state index in [1.807, 2.05) is 6.92 Å². The Bertz CT molecular complexity index is 678. The summed E-state index contributed by atoms with van der Waals surface area (Å²) in [6.45, 7) is 4.00. The van der Waals surface area contributed by atoms with E-state index in [2.05, 4.69) is 20.6 Å². The van der Waals surface area contributed by atoms with Crippen LogP contribution in [0.15, 0.2) is 24.5 Å². The third-order valence-corrected chi connectivity index (χ3v) is 2.79. The number of nitrogens with zero attached hydrogens (tertiary/aromatic N) is 3. The van der Waals surface area contributed by atoms with Gasteiger partial charge in [0.05, 0.1) is 4.92 Å². The van der Waals surface area contributed by atoms with Gasteiger partial charge in [-0.1, -0.05) is 0 Å². The normalized spacial score (nSPS) is 10.2. The van der Waals surface area contributed by atoms with Gasteiger partial charge in [-0.05, 0) is 37.6 Å². The van der Waals surface area contributed by atoms with Gasteiger partial charge in [-0.25, -0.2) is 14.4 Å². The molecule has 0 bridgehead atoms. The number of rotatable bonds is 5. The molecule has 0 radical (unpaired) electrons. The minimum Gasteiger partial charge on any atom is -0.364 e. The molecular formula is C13H14FN5O2. The minimum atomic E-state index is -0.556. The quantitative estimate of drug-likeness (QED) is 0.649. The van der Waals surface area contributed by atoms with Gasteiger partial charge in [0.25, 0.3) is 0 Å². The van der Waals surface area contributed by atoms with Crippen LogP contribution >= 0.6 is 0 Å². The summed E-state index contributed by atoms with van der Waals surface area (Å²) in [5.41, 5.74) is 0.914. The number of halogens is 1. The summed E-state index contributed by atoms with van der Waals surface area (Å²) < 4.78 is 13.1.